The average molecular weight is 244 g/mol. The lowest BCUT2D eigenvalue weighted by atomic mass is 10.1. The lowest BCUT2D eigenvalue weighted by Gasteiger charge is -2.30. The maximum Gasteiger partial charge on any atom is 0.219 e. The van der Waals surface area contributed by atoms with Gasteiger partial charge in [-0.3, -0.25) is 0 Å². The van der Waals surface area contributed by atoms with Gasteiger partial charge < -0.3 is 19.0 Å². The summed E-state index contributed by atoms with van der Waals surface area (Å²) in [6, 6.07) is 1.11. The van der Waals surface area contributed by atoms with Crippen molar-refractivity contribution in [2.75, 3.05) is 0 Å². The molecule has 0 aromatic heterocycles. The highest BCUT2D eigenvalue weighted by atomic mass is 28.2. The van der Waals surface area contributed by atoms with E-state index in [0.717, 1.165) is 6.04 Å². The lowest BCUT2D eigenvalue weighted by Crippen LogP contribution is -2.43. The topological polar surface area (TPSA) is 47.9 Å². The van der Waals surface area contributed by atoms with Crippen molar-refractivity contribution >= 4 is 9.76 Å². The fourth-order valence-corrected chi connectivity index (χ4v) is 2.85. The molecular formula is C11H20O4Si. The van der Waals surface area contributed by atoms with E-state index in [4.69, 9.17) is 13.9 Å². The van der Waals surface area contributed by atoms with E-state index in [-0.39, 0.29) is 0 Å². The highest BCUT2D eigenvalue weighted by Gasteiger charge is 2.31. The largest absolute Gasteiger partial charge is 0.491 e. The van der Waals surface area contributed by atoms with Gasteiger partial charge in [-0.25, -0.2) is 0 Å². The molecule has 0 aromatic carbocycles. The van der Waals surface area contributed by atoms with E-state index in [2.05, 4.69) is 13.5 Å². The predicted molar refractivity (Wildman–Crippen MR) is 64.4 cm³/mol. The van der Waals surface area contributed by atoms with E-state index in [0.29, 0.717) is 0 Å². The van der Waals surface area contributed by atoms with Crippen LogP contribution in [0.1, 0.15) is 19.8 Å². The van der Waals surface area contributed by atoms with E-state index in [1.54, 1.807) is 6.08 Å². The van der Waals surface area contributed by atoms with Crippen LogP contribution in [0.4, 0.5) is 0 Å². The minimum atomic E-state index is -0.780. The van der Waals surface area contributed by atoms with E-state index < -0.39 is 28.3 Å². The quantitative estimate of drug-likeness (QED) is 0.413. The Hall–Kier alpha value is -0.783. The predicted octanol–water partition coefficient (Wildman–Crippen LogP) is 1.06. The first-order valence-electron chi connectivity index (χ1n) is 5.67. The second-order valence-corrected chi connectivity index (χ2v) is 5.12. The first-order valence-corrected chi connectivity index (χ1v) is 7.25. The second-order valence-electron chi connectivity index (χ2n) is 3.67. The van der Waals surface area contributed by atoms with E-state index in [1.165, 1.54) is 25.4 Å². The third-order valence-corrected chi connectivity index (χ3v) is 3.73. The molecule has 16 heavy (non-hydrogen) atoms. The molecule has 0 spiro atoms. The Kier molecular flexibility index (Phi) is 6.21. The van der Waals surface area contributed by atoms with Gasteiger partial charge in [0.05, 0.1) is 12.5 Å². The van der Waals surface area contributed by atoms with Gasteiger partial charge in [-0.05, 0) is 12.1 Å². The van der Waals surface area contributed by atoms with E-state index in [1.807, 2.05) is 0 Å². The van der Waals surface area contributed by atoms with Crippen LogP contribution >= 0.6 is 0 Å². The lowest BCUT2D eigenvalue weighted by molar-refractivity contribution is -0.152. The Morgan fingerprint density at radius 3 is 3.12 bits per heavy atom. The van der Waals surface area contributed by atoms with Crippen molar-refractivity contribution in [1.29, 1.82) is 0 Å². The molecular weight excluding hydrogens is 224 g/mol. The molecule has 0 saturated carbocycles. The molecule has 1 aliphatic heterocycles. The molecule has 4 nitrogen and oxygen atoms in total. The number of hydrogen-bond donors (Lipinski definition) is 1. The van der Waals surface area contributed by atoms with Crippen molar-refractivity contribution in [2.45, 2.75) is 44.3 Å². The van der Waals surface area contributed by atoms with Gasteiger partial charge in [0.2, 0.25) is 6.29 Å². The summed E-state index contributed by atoms with van der Waals surface area (Å²) in [5.74, 6) is 0. The Morgan fingerprint density at radius 2 is 2.44 bits per heavy atom. The van der Waals surface area contributed by atoms with Crippen molar-refractivity contribution in [3.05, 3.63) is 25.2 Å². The molecule has 0 fully saturated rings. The van der Waals surface area contributed by atoms with Crippen LogP contribution in [0, 0.1) is 0 Å². The van der Waals surface area contributed by atoms with Gasteiger partial charge in [0.25, 0.3) is 0 Å². The average Bonchev–Trinajstić information content (AvgIpc) is 2.29. The maximum atomic E-state index is 9.86. The van der Waals surface area contributed by atoms with Crippen LogP contribution in [-0.2, 0) is 13.9 Å². The standard InChI is InChI=1S/C11H20O4Si/c1-3-5-8-16-15-11-10(12)9(13-4-2)6-7-14-11/h4,6-7,9-12H,2-3,5,8,16H2,1H3/t9-,10+,11-/m1/s1. The summed E-state index contributed by atoms with van der Waals surface area (Å²) in [4.78, 5) is 0. The Balaban J connectivity index is 2.31. The molecule has 0 bridgehead atoms. The van der Waals surface area contributed by atoms with E-state index in [9.17, 15) is 5.11 Å². The van der Waals surface area contributed by atoms with Crippen LogP contribution < -0.4 is 0 Å². The molecule has 0 saturated heterocycles. The molecule has 1 rings (SSSR count). The van der Waals surface area contributed by atoms with Crippen LogP contribution in [0.3, 0.4) is 0 Å². The van der Waals surface area contributed by atoms with Crippen molar-refractivity contribution in [1.82, 2.24) is 0 Å². The van der Waals surface area contributed by atoms with Gasteiger partial charge >= 0.3 is 0 Å². The van der Waals surface area contributed by atoms with Crippen LogP contribution in [0.15, 0.2) is 25.2 Å². The highest BCUT2D eigenvalue weighted by molar-refractivity contribution is 6.27. The summed E-state index contributed by atoms with van der Waals surface area (Å²) >= 11 is 0. The zero-order valence-corrected chi connectivity index (χ0v) is 11.1. The van der Waals surface area contributed by atoms with Crippen molar-refractivity contribution in [3.8, 4) is 0 Å². The third-order valence-electron chi connectivity index (χ3n) is 2.38. The van der Waals surface area contributed by atoms with Gasteiger partial charge in [-0.2, -0.15) is 0 Å². The molecule has 0 unspecified atom stereocenters. The molecule has 3 atom stereocenters. The third kappa shape index (κ3) is 4.00. The number of aliphatic hydroxyl groups excluding tert-OH is 1. The normalized spacial score (nSPS) is 29.2. The fraction of sp³-hybridized carbons (Fsp3) is 0.636. The van der Waals surface area contributed by atoms with Crippen LogP contribution in [0.5, 0.6) is 0 Å². The Morgan fingerprint density at radius 1 is 1.62 bits per heavy atom. The summed E-state index contributed by atoms with van der Waals surface area (Å²) in [5.41, 5.74) is 0. The zero-order chi connectivity index (χ0) is 11.8. The molecule has 0 radical (unpaired) electrons. The summed E-state index contributed by atoms with van der Waals surface area (Å²) in [6.07, 6.45) is 5.05. The summed E-state index contributed by atoms with van der Waals surface area (Å²) < 4.78 is 15.9. The zero-order valence-electron chi connectivity index (χ0n) is 9.67. The number of hydrogen-bond acceptors (Lipinski definition) is 4. The molecule has 0 amide bonds. The molecule has 1 heterocycles. The first-order chi connectivity index (χ1) is 7.79. The maximum absolute atomic E-state index is 9.86. The molecule has 0 aliphatic carbocycles. The minimum Gasteiger partial charge on any atom is -0.491 e. The fourth-order valence-electron chi connectivity index (χ4n) is 1.48. The van der Waals surface area contributed by atoms with Gasteiger partial charge in [-0.15, -0.1) is 0 Å². The number of ether oxygens (including phenoxy) is 2. The Bertz CT molecular complexity index is 232. The summed E-state index contributed by atoms with van der Waals surface area (Å²) in [7, 11) is -0.613. The molecule has 92 valence electrons. The number of aliphatic hydroxyl groups is 1. The second kappa shape index (κ2) is 7.48. The van der Waals surface area contributed by atoms with Crippen molar-refractivity contribution in [3.63, 3.8) is 0 Å². The molecule has 1 aliphatic rings. The summed E-state index contributed by atoms with van der Waals surface area (Å²) in [6.45, 7) is 5.61. The molecule has 5 heteroatoms. The van der Waals surface area contributed by atoms with Gasteiger partial charge in [0, 0.05) is 0 Å². The highest BCUT2D eigenvalue weighted by Crippen LogP contribution is 2.16. The van der Waals surface area contributed by atoms with Crippen molar-refractivity contribution < 1.29 is 19.0 Å². The number of unbranched alkanes of at least 4 members (excludes halogenated alkanes) is 1. The van der Waals surface area contributed by atoms with Crippen LogP contribution in [0.2, 0.25) is 6.04 Å². The monoisotopic (exact) mass is 244 g/mol. The van der Waals surface area contributed by atoms with Gasteiger partial charge in [0.1, 0.15) is 0 Å². The smallest absolute Gasteiger partial charge is 0.219 e. The minimum absolute atomic E-state index is 0.420. The van der Waals surface area contributed by atoms with Crippen LogP contribution in [0.25, 0.3) is 0 Å². The van der Waals surface area contributed by atoms with Crippen LogP contribution in [-0.4, -0.2) is 33.4 Å². The molecule has 0 aromatic rings. The van der Waals surface area contributed by atoms with Gasteiger partial charge in [-0.1, -0.05) is 26.3 Å². The SMILES string of the molecule is C=CO[C@@H]1C=CO[C@H](O[SiH2]CCCC)[C@H]1O. The molecule has 1 N–H and O–H groups in total. The first kappa shape index (κ1) is 13.3. The van der Waals surface area contributed by atoms with Crippen molar-refractivity contribution in [2.24, 2.45) is 0 Å². The Labute approximate surface area is 98.8 Å². The summed E-state index contributed by atoms with van der Waals surface area (Å²) in [5, 5.41) is 9.86. The number of rotatable bonds is 7. The van der Waals surface area contributed by atoms with E-state index >= 15 is 0 Å². The van der Waals surface area contributed by atoms with Gasteiger partial charge in [0.15, 0.2) is 22.0 Å².